The number of halogens is 1. The van der Waals surface area contributed by atoms with Gasteiger partial charge in [-0.25, -0.2) is 0 Å². The molecule has 0 unspecified atom stereocenters. The number of benzene rings is 2. The third-order valence-electron chi connectivity index (χ3n) is 2.43. The number of nitrogen functional groups attached to an aromatic ring is 1. The number of nitriles is 1. The van der Waals surface area contributed by atoms with Crippen LogP contribution in [0.2, 0.25) is 0 Å². The molecule has 0 amide bonds. The van der Waals surface area contributed by atoms with E-state index in [9.17, 15) is 0 Å². The first-order chi connectivity index (χ1) is 8.69. The second-order valence-electron chi connectivity index (χ2n) is 3.79. The molecule has 2 N–H and O–H groups in total. The van der Waals surface area contributed by atoms with E-state index < -0.39 is 0 Å². The molecule has 3 nitrogen and oxygen atoms in total. The van der Waals surface area contributed by atoms with Gasteiger partial charge in [0.2, 0.25) is 0 Å². The summed E-state index contributed by atoms with van der Waals surface area (Å²) in [7, 11) is 0. The highest BCUT2D eigenvalue weighted by Crippen LogP contribution is 2.27. The molecule has 0 atom stereocenters. The summed E-state index contributed by atoms with van der Waals surface area (Å²) in [6.45, 7) is 0.438. The van der Waals surface area contributed by atoms with Gasteiger partial charge in [0.15, 0.2) is 0 Å². The highest BCUT2D eigenvalue weighted by atomic mass is 79.9. The van der Waals surface area contributed by atoms with Crippen molar-refractivity contribution in [2.45, 2.75) is 6.61 Å². The van der Waals surface area contributed by atoms with Gasteiger partial charge in [0.05, 0.1) is 16.1 Å². The van der Waals surface area contributed by atoms with E-state index in [1.807, 2.05) is 18.2 Å². The largest absolute Gasteiger partial charge is 0.488 e. The monoisotopic (exact) mass is 302 g/mol. The molecule has 0 aliphatic heterocycles. The Morgan fingerprint density at radius 3 is 2.56 bits per heavy atom. The van der Waals surface area contributed by atoms with Crippen molar-refractivity contribution >= 4 is 21.6 Å². The van der Waals surface area contributed by atoms with Gasteiger partial charge in [0.1, 0.15) is 12.4 Å². The zero-order valence-electron chi connectivity index (χ0n) is 9.56. The van der Waals surface area contributed by atoms with E-state index in [1.54, 1.807) is 24.3 Å². The molecule has 90 valence electrons. The first-order valence-corrected chi connectivity index (χ1v) is 6.15. The van der Waals surface area contributed by atoms with Gasteiger partial charge in [-0.3, -0.25) is 0 Å². The summed E-state index contributed by atoms with van der Waals surface area (Å²) in [6.07, 6.45) is 0. The molecule has 0 spiro atoms. The molecule has 0 fully saturated rings. The second-order valence-corrected chi connectivity index (χ2v) is 4.64. The maximum atomic E-state index is 8.70. The molecule has 0 aromatic heterocycles. The highest BCUT2D eigenvalue weighted by Gasteiger charge is 2.02. The minimum atomic E-state index is 0.438. The lowest BCUT2D eigenvalue weighted by atomic mass is 10.2. The number of hydrogen-bond acceptors (Lipinski definition) is 3. The summed E-state index contributed by atoms with van der Waals surface area (Å²) in [5.74, 6) is 0.708. The Morgan fingerprint density at radius 2 is 1.89 bits per heavy atom. The van der Waals surface area contributed by atoms with Crippen molar-refractivity contribution in [3.63, 3.8) is 0 Å². The molecule has 0 aliphatic carbocycles. The van der Waals surface area contributed by atoms with Crippen molar-refractivity contribution in [2.75, 3.05) is 5.73 Å². The molecule has 0 heterocycles. The molecule has 0 bridgehead atoms. The van der Waals surface area contributed by atoms with Crippen LogP contribution in [-0.4, -0.2) is 0 Å². The summed E-state index contributed by atoms with van der Waals surface area (Å²) in [6, 6.07) is 14.8. The fraction of sp³-hybridized carbons (Fsp3) is 0.0714. The number of ether oxygens (including phenoxy) is 1. The van der Waals surface area contributed by atoms with Gasteiger partial charge >= 0.3 is 0 Å². The van der Waals surface area contributed by atoms with Gasteiger partial charge in [0.25, 0.3) is 0 Å². The average Bonchev–Trinajstić information content (AvgIpc) is 2.40. The lowest BCUT2D eigenvalue weighted by Crippen LogP contribution is -1.97. The molecule has 0 radical (unpaired) electrons. The first kappa shape index (κ1) is 12.5. The predicted octanol–water partition coefficient (Wildman–Crippen LogP) is 3.48. The first-order valence-electron chi connectivity index (χ1n) is 5.36. The van der Waals surface area contributed by atoms with Gasteiger partial charge in [-0.15, -0.1) is 0 Å². The predicted molar refractivity (Wildman–Crippen MR) is 74.0 cm³/mol. The van der Waals surface area contributed by atoms with Crippen LogP contribution < -0.4 is 10.5 Å². The molecular formula is C14H11BrN2O. The number of rotatable bonds is 3. The minimum absolute atomic E-state index is 0.438. The standard InChI is InChI=1S/C14H11BrN2O/c15-13-6-5-12(17)7-14(13)18-9-11-3-1-10(8-16)2-4-11/h1-7H,9,17H2. The van der Waals surface area contributed by atoms with E-state index in [0.29, 0.717) is 23.6 Å². The Morgan fingerprint density at radius 1 is 1.17 bits per heavy atom. The molecule has 2 rings (SSSR count). The van der Waals surface area contributed by atoms with Crippen LogP contribution in [0.1, 0.15) is 11.1 Å². The van der Waals surface area contributed by atoms with Crippen LogP contribution in [0.5, 0.6) is 5.75 Å². The van der Waals surface area contributed by atoms with Gasteiger partial charge in [-0.05, 0) is 45.8 Å². The lowest BCUT2D eigenvalue weighted by Gasteiger charge is -2.09. The minimum Gasteiger partial charge on any atom is -0.488 e. The molecule has 2 aromatic rings. The number of nitrogens with two attached hydrogens (primary N) is 1. The maximum Gasteiger partial charge on any atom is 0.136 e. The van der Waals surface area contributed by atoms with Crippen molar-refractivity contribution in [1.82, 2.24) is 0 Å². The van der Waals surface area contributed by atoms with Crippen LogP contribution >= 0.6 is 15.9 Å². The van der Waals surface area contributed by atoms with Gasteiger partial charge in [0, 0.05) is 11.8 Å². The molecule has 2 aromatic carbocycles. The molecule has 18 heavy (non-hydrogen) atoms. The van der Waals surface area contributed by atoms with Crippen molar-refractivity contribution in [3.05, 3.63) is 58.1 Å². The number of hydrogen-bond donors (Lipinski definition) is 1. The average molecular weight is 303 g/mol. The van der Waals surface area contributed by atoms with E-state index in [4.69, 9.17) is 15.7 Å². The zero-order valence-corrected chi connectivity index (χ0v) is 11.1. The highest BCUT2D eigenvalue weighted by molar-refractivity contribution is 9.10. The second kappa shape index (κ2) is 5.56. The molecule has 0 saturated heterocycles. The molecular weight excluding hydrogens is 292 g/mol. The molecule has 4 heteroatoms. The normalized spacial score (nSPS) is 9.78. The quantitative estimate of drug-likeness (QED) is 0.883. The fourth-order valence-corrected chi connectivity index (χ4v) is 1.83. The van der Waals surface area contributed by atoms with Crippen LogP contribution in [0.15, 0.2) is 46.9 Å². The Hall–Kier alpha value is -1.99. The van der Waals surface area contributed by atoms with E-state index in [0.717, 1.165) is 10.0 Å². The Kier molecular flexibility index (Phi) is 3.85. The zero-order chi connectivity index (χ0) is 13.0. The van der Waals surface area contributed by atoms with Crippen LogP contribution in [0.25, 0.3) is 0 Å². The van der Waals surface area contributed by atoms with Crippen molar-refractivity contribution in [1.29, 1.82) is 5.26 Å². The topological polar surface area (TPSA) is 59.0 Å². The smallest absolute Gasteiger partial charge is 0.136 e. The van der Waals surface area contributed by atoms with Gasteiger partial charge in [-0.1, -0.05) is 12.1 Å². The Labute approximate surface area is 114 Å². The van der Waals surface area contributed by atoms with E-state index in [2.05, 4.69) is 22.0 Å². The van der Waals surface area contributed by atoms with Crippen LogP contribution in [0, 0.1) is 11.3 Å². The van der Waals surface area contributed by atoms with Crippen molar-refractivity contribution < 1.29 is 4.74 Å². The number of nitrogens with zero attached hydrogens (tertiary/aromatic N) is 1. The third kappa shape index (κ3) is 3.02. The van der Waals surface area contributed by atoms with E-state index in [1.165, 1.54) is 0 Å². The van der Waals surface area contributed by atoms with E-state index >= 15 is 0 Å². The van der Waals surface area contributed by atoms with Crippen LogP contribution in [0.4, 0.5) is 5.69 Å². The third-order valence-corrected chi connectivity index (χ3v) is 3.09. The summed E-state index contributed by atoms with van der Waals surface area (Å²) in [5.41, 5.74) is 8.00. The fourth-order valence-electron chi connectivity index (χ4n) is 1.47. The van der Waals surface area contributed by atoms with Gasteiger partial charge in [-0.2, -0.15) is 5.26 Å². The Bertz CT molecular complexity index is 588. The summed E-state index contributed by atoms with van der Waals surface area (Å²) >= 11 is 3.40. The molecule has 0 saturated carbocycles. The maximum absolute atomic E-state index is 8.70. The van der Waals surface area contributed by atoms with Crippen molar-refractivity contribution in [2.24, 2.45) is 0 Å². The summed E-state index contributed by atoms with van der Waals surface area (Å²) < 4.78 is 6.53. The van der Waals surface area contributed by atoms with Gasteiger partial charge < -0.3 is 10.5 Å². The number of anilines is 1. The summed E-state index contributed by atoms with van der Waals surface area (Å²) in [4.78, 5) is 0. The Balaban J connectivity index is 2.07. The van der Waals surface area contributed by atoms with Crippen LogP contribution in [-0.2, 0) is 6.61 Å². The lowest BCUT2D eigenvalue weighted by molar-refractivity contribution is 0.304. The molecule has 0 aliphatic rings. The van der Waals surface area contributed by atoms with E-state index in [-0.39, 0.29) is 0 Å². The SMILES string of the molecule is N#Cc1ccc(COc2cc(N)ccc2Br)cc1. The van der Waals surface area contributed by atoms with Crippen LogP contribution in [0.3, 0.4) is 0 Å². The van der Waals surface area contributed by atoms with Crippen molar-refractivity contribution in [3.8, 4) is 11.8 Å². The summed E-state index contributed by atoms with van der Waals surface area (Å²) in [5, 5.41) is 8.70.